The molecule has 1 amide bonds. The number of hydrogen-bond donors (Lipinski definition) is 2. The Morgan fingerprint density at radius 3 is 2.46 bits per heavy atom. The van der Waals surface area contributed by atoms with Gasteiger partial charge in [0, 0.05) is 21.7 Å². The van der Waals surface area contributed by atoms with E-state index in [1.165, 1.54) is 11.3 Å². The maximum atomic E-state index is 13.4. The predicted molar refractivity (Wildman–Crippen MR) is 148 cm³/mol. The van der Waals surface area contributed by atoms with Crippen molar-refractivity contribution in [3.05, 3.63) is 99.9 Å². The Morgan fingerprint density at radius 1 is 1.00 bits per heavy atom. The van der Waals surface area contributed by atoms with Gasteiger partial charge in [0.25, 0.3) is 5.91 Å². The largest absolute Gasteiger partial charge is 0.397 e. The summed E-state index contributed by atoms with van der Waals surface area (Å²) >= 11 is 7.47. The lowest BCUT2D eigenvalue weighted by molar-refractivity contribution is 0.103. The van der Waals surface area contributed by atoms with E-state index < -0.39 is 0 Å². The summed E-state index contributed by atoms with van der Waals surface area (Å²) in [4.78, 5) is 19.5. The van der Waals surface area contributed by atoms with Gasteiger partial charge in [0.1, 0.15) is 9.71 Å². The Labute approximate surface area is 213 Å². The van der Waals surface area contributed by atoms with Gasteiger partial charge in [0.15, 0.2) is 0 Å². The number of nitrogens with zero attached hydrogens (tertiary/aromatic N) is 1. The predicted octanol–water partition coefficient (Wildman–Crippen LogP) is 7.99. The van der Waals surface area contributed by atoms with Crippen LogP contribution < -0.4 is 11.1 Å². The molecule has 174 valence electrons. The van der Waals surface area contributed by atoms with Crippen molar-refractivity contribution in [3.63, 3.8) is 0 Å². The Balaban J connectivity index is 1.67. The number of fused-ring (bicyclic) bond motifs is 1. The molecule has 0 bridgehead atoms. The molecule has 0 spiro atoms. The van der Waals surface area contributed by atoms with Crippen molar-refractivity contribution < 1.29 is 4.79 Å². The smallest absolute Gasteiger partial charge is 0.267 e. The summed E-state index contributed by atoms with van der Waals surface area (Å²) in [5.74, 6) is -0.224. The first-order valence-corrected chi connectivity index (χ1v) is 12.6. The Kier molecular flexibility index (Phi) is 6.29. The number of carbonyl (C=O) groups is 1. The van der Waals surface area contributed by atoms with Crippen molar-refractivity contribution >= 4 is 50.4 Å². The molecule has 4 nitrogen and oxygen atoms in total. The van der Waals surface area contributed by atoms with Crippen LogP contribution in [0, 0.1) is 6.92 Å². The maximum absolute atomic E-state index is 13.4. The molecule has 0 unspecified atom stereocenters. The number of thiophene rings is 1. The highest BCUT2D eigenvalue weighted by atomic mass is 35.5. The Bertz CT molecular complexity index is 1540. The lowest BCUT2D eigenvalue weighted by Gasteiger charge is -2.12. The zero-order valence-corrected chi connectivity index (χ0v) is 21.0. The van der Waals surface area contributed by atoms with Gasteiger partial charge in [0.2, 0.25) is 0 Å². The SMILES string of the molecule is CCc1cccc(C)c1NC(=O)c1sc2nc(-c3ccccc3)cc(-c3ccc(Cl)cc3)c2c1N. The second-order valence-corrected chi connectivity index (χ2v) is 9.81. The Hall–Kier alpha value is -3.67. The van der Waals surface area contributed by atoms with Crippen molar-refractivity contribution in [2.45, 2.75) is 20.3 Å². The summed E-state index contributed by atoms with van der Waals surface area (Å²) in [6.07, 6.45) is 0.821. The van der Waals surface area contributed by atoms with Gasteiger partial charge in [-0.3, -0.25) is 4.79 Å². The average molecular weight is 498 g/mol. The fourth-order valence-electron chi connectivity index (χ4n) is 4.28. The number of nitrogen functional groups attached to an aromatic ring is 1. The fourth-order valence-corrected chi connectivity index (χ4v) is 5.42. The highest BCUT2D eigenvalue weighted by Crippen LogP contribution is 2.42. The van der Waals surface area contributed by atoms with E-state index >= 15 is 0 Å². The van der Waals surface area contributed by atoms with Crippen LogP contribution in [0.5, 0.6) is 0 Å². The first-order valence-electron chi connectivity index (χ1n) is 11.4. The summed E-state index contributed by atoms with van der Waals surface area (Å²) in [6.45, 7) is 4.07. The van der Waals surface area contributed by atoms with Crippen LogP contribution in [0.1, 0.15) is 27.7 Å². The van der Waals surface area contributed by atoms with E-state index in [0.717, 1.165) is 55.8 Å². The summed E-state index contributed by atoms with van der Waals surface area (Å²) in [6, 6.07) is 25.7. The molecule has 0 aliphatic carbocycles. The lowest BCUT2D eigenvalue weighted by atomic mass is 9.99. The number of para-hydroxylation sites is 1. The second kappa shape index (κ2) is 9.53. The molecule has 3 N–H and O–H groups in total. The van der Waals surface area contributed by atoms with Crippen molar-refractivity contribution in [1.29, 1.82) is 0 Å². The van der Waals surface area contributed by atoms with Crippen LogP contribution in [0.25, 0.3) is 32.6 Å². The van der Waals surface area contributed by atoms with E-state index in [1.807, 2.05) is 85.8 Å². The molecule has 0 saturated carbocycles. The van der Waals surface area contributed by atoms with Crippen LogP contribution in [-0.2, 0) is 6.42 Å². The number of rotatable bonds is 5. The monoisotopic (exact) mass is 497 g/mol. The number of halogens is 1. The van der Waals surface area contributed by atoms with Crippen LogP contribution in [0.3, 0.4) is 0 Å². The first-order chi connectivity index (χ1) is 17.0. The molecule has 2 heterocycles. The van der Waals surface area contributed by atoms with Gasteiger partial charge < -0.3 is 11.1 Å². The molecule has 2 aromatic heterocycles. The highest BCUT2D eigenvalue weighted by Gasteiger charge is 2.22. The number of amides is 1. The van der Waals surface area contributed by atoms with Crippen LogP contribution in [-0.4, -0.2) is 10.9 Å². The van der Waals surface area contributed by atoms with Gasteiger partial charge in [-0.05, 0) is 53.8 Å². The van der Waals surface area contributed by atoms with Crippen LogP contribution >= 0.6 is 22.9 Å². The van der Waals surface area contributed by atoms with Crippen molar-refractivity contribution in [1.82, 2.24) is 4.98 Å². The van der Waals surface area contributed by atoms with Crippen LogP contribution in [0.15, 0.2) is 78.9 Å². The van der Waals surface area contributed by atoms with Gasteiger partial charge in [-0.2, -0.15) is 0 Å². The Morgan fingerprint density at radius 2 is 1.74 bits per heavy atom. The fraction of sp³-hybridized carbons (Fsp3) is 0.103. The molecule has 0 saturated heterocycles. The quantitative estimate of drug-likeness (QED) is 0.258. The minimum absolute atomic E-state index is 0.224. The van der Waals surface area contributed by atoms with Crippen molar-refractivity contribution in [2.75, 3.05) is 11.1 Å². The molecular weight excluding hydrogens is 474 g/mol. The summed E-state index contributed by atoms with van der Waals surface area (Å²) < 4.78 is 0. The molecule has 5 rings (SSSR count). The molecule has 0 aliphatic heterocycles. The van der Waals surface area contributed by atoms with Gasteiger partial charge in [0.05, 0.1) is 11.4 Å². The molecular formula is C29H24ClN3OS. The van der Waals surface area contributed by atoms with Gasteiger partial charge >= 0.3 is 0 Å². The number of nitrogens with one attached hydrogen (secondary N) is 1. The summed E-state index contributed by atoms with van der Waals surface area (Å²) in [5.41, 5.74) is 13.7. The van der Waals surface area contributed by atoms with E-state index in [9.17, 15) is 4.79 Å². The van der Waals surface area contributed by atoms with E-state index in [1.54, 1.807) is 0 Å². The van der Waals surface area contributed by atoms with Crippen LogP contribution in [0.4, 0.5) is 11.4 Å². The standard InChI is InChI=1S/C29H24ClN3OS/c1-3-18-11-7-8-17(2)26(18)33-28(34)27-25(31)24-22(19-12-14-21(30)15-13-19)16-23(32-29(24)35-27)20-9-5-4-6-10-20/h4-16H,3,31H2,1-2H3,(H,33,34). The van der Waals surface area contributed by atoms with Gasteiger partial charge in [-0.1, -0.05) is 79.2 Å². The minimum Gasteiger partial charge on any atom is -0.397 e. The summed E-state index contributed by atoms with van der Waals surface area (Å²) in [5, 5.41) is 4.55. The zero-order chi connectivity index (χ0) is 24.5. The van der Waals surface area contributed by atoms with E-state index in [-0.39, 0.29) is 5.91 Å². The average Bonchev–Trinajstić information content (AvgIpc) is 3.22. The number of hydrogen-bond acceptors (Lipinski definition) is 4. The van der Waals surface area contributed by atoms with Gasteiger partial charge in [-0.25, -0.2) is 4.98 Å². The molecule has 0 aliphatic rings. The highest BCUT2D eigenvalue weighted by molar-refractivity contribution is 7.21. The van der Waals surface area contributed by atoms with E-state index in [0.29, 0.717) is 15.6 Å². The van der Waals surface area contributed by atoms with Crippen LogP contribution in [0.2, 0.25) is 5.02 Å². The molecule has 3 aromatic carbocycles. The topological polar surface area (TPSA) is 68.0 Å². The number of aromatic nitrogens is 1. The van der Waals surface area contributed by atoms with Gasteiger partial charge in [-0.15, -0.1) is 11.3 Å². The van der Waals surface area contributed by atoms with Crippen molar-refractivity contribution in [2.24, 2.45) is 0 Å². The number of carbonyl (C=O) groups excluding carboxylic acids is 1. The van der Waals surface area contributed by atoms with Crippen molar-refractivity contribution in [3.8, 4) is 22.4 Å². The third-order valence-electron chi connectivity index (χ3n) is 6.11. The maximum Gasteiger partial charge on any atom is 0.267 e. The number of pyridine rings is 1. The number of benzene rings is 3. The molecule has 0 atom stereocenters. The lowest BCUT2D eigenvalue weighted by Crippen LogP contribution is -2.14. The number of nitrogens with two attached hydrogens (primary N) is 1. The molecule has 0 radical (unpaired) electrons. The normalized spacial score (nSPS) is 11.1. The third kappa shape index (κ3) is 4.41. The molecule has 5 aromatic rings. The van der Waals surface area contributed by atoms with E-state index in [2.05, 4.69) is 12.2 Å². The second-order valence-electron chi connectivity index (χ2n) is 8.37. The third-order valence-corrected chi connectivity index (χ3v) is 7.46. The van der Waals surface area contributed by atoms with E-state index in [4.69, 9.17) is 22.3 Å². The first kappa shape index (κ1) is 23.1. The summed E-state index contributed by atoms with van der Waals surface area (Å²) in [7, 11) is 0. The number of aryl methyl sites for hydroxylation is 2. The molecule has 35 heavy (non-hydrogen) atoms. The zero-order valence-electron chi connectivity index (χ0n) is 19.4. The minimum atomic E-state index is -0.224. The number of anilines is 2. The molecule has 0 fully saturated rings. The molecule has 6 heteroatoms.